The second-order valence-electron chi connectivity index (χ2n) is 5.84. The molecule has 2 aromatic carbocycles. The molecule has 0 amide bonds. The number of carbonyl (C=O) groups is 1. The van der Waals surface area contributed by atoms with Crippen LogP contribution in [0.2, 0.25) is 0 Å². The summed E-state index contributed by atoms with van der Waals surface area (Å²) >= 11 is 0. The molecule has 0 spiro atoms. The van der Waals surface area contributed by atoms with Crippen molar-refractivity contribution < 1.29 is 56.7 Å². The molecule has 178 valence electrons. The number of hydrogen-bond donors (Lipinski definition) is 4. The van der Waals surface area contributed by atoms with Gasteiger partial charge >= 0.3 is 0 Å². The molecule has 13 nitrogen and oxygen atoms in total. The first-order valence-electron chi connectivity index (χ1n) is 7.94. The average Bonchev–Trinajstić information content (AvgIpc) is 2.64. The van der Waals surface area contributed by atoms with Gasteiger partial charge in [-0.15, -0.1) is 0 Å². The molecule has 0 unspecified atom stereocenters. The maximum absolute atomic E-state index is 11.0. The summed E-state index contributed by atoms with van der Waals surface area (Å²) in [4.78, 5) is 7.76. The lowest BCUT2D eigenvalue weighted by molar-refractivity contribution is 0.112. The third-order valence-corrected chi connectivity index (χ3v) is 7.23. The molecule has 0 saturated carbocycles. The van der Waals surface area contributed by atoms with Crippen LogP contribution in [0.4, 0.5) is 0 Å². The summed E-state index contributed by atoms with van der Waals surface area (Å²) in [5.41, 5.74) is -0.134. The number of aldehydes is 1. The molecule has 0 aromatic heterocycles. The van der Waals surface area contributed by atoms with E-state index in [9.17, 15) is 38.5 Å². The summed E-state index contributed by atoms with van der Waals surface area (Å²) in [6.07, 6.45) is 0.442. The highest BCUT2D eigenvalue weighted by Crippen LogP contribution is 2.21. The molecule has 2 aromatic rings. The second-order valence-corrected chi connectivity index (χ2v) is 11.5. The van der Waals surface area contributed by atoms with E-state index in [4.69, 9.17) is 18.2 Å². The molecule has 4 N–H and O–H groups in total. The van der Waals surface area contributed by atoms with Crippen molar-refractivity contribution in [2.75, 3.05) is 0 Å². The van der Waals surface area contributed by atoms with Gasteiger partial charge in [-0.2, -0.15) is 33.7 Å². The van der Waals surface area contributed by atoms with Crippen molar-refractivity contribution in [2.24, 2.45) is 0 Å². The van der Waals surface area contributed by atoms with Gasteiger partial charge in [0, 0.05) is 5.56 Å². The monoisotopic (exact) mass is 532 g/mol. The first kappa shape index (κ1) is 27.8. The largest absolute Gasteiger partial charge is 0.298 e. The van der Waals surface area contributed by atoms with E-state index in [1.54, 1.807) is 6.92 Å². The third-order valence-electron chi connectivity index (χ3n) is 3.68. The van der Waals surface area contributed by atoms with Gasteiger partial charge in [-0.1, -0.05) is 13.0 Å². The molecule has 0 aliphatic carbocycles. The van der Waals surface area contributed by atoms with E-state index in [0.29, 0.717) is 12.5 Å². The molecule has 0 fully saturated rings. The summed E-state index contributed by atoms with van der Waals surface area (Å²) in [6.45, 7) is 1.65. The Kier molecular flexibility index (Phi) is 8.43. The van der Waals surface area contributed by atoms with Crippen molar-refractivity contribution in [3.63, 3.8) is 0 Å². The Bertz CT molecular complexity index is 1450. The van der Waals surface area contributed by atoms with Crippen molar-refractivity contribution >= 4 is 46.8 Å². The predicted octanol–water partition coefficient (Wildman–Crippen LogP) is 0.735. The Labute approximate surface area is 183 Å². The second kappa shape index (κ2) is 9.71. The van der Waals surface area contributed by atoms with Crippen molar-refractivity contribution in [2.45, 2.75) is 32.9 Å². The highest BCUT2D eigenvalue weighted by atomic mass is 32.2. The Hall–Kier alpha value is -2.25. The fraction of sp³-hybridized carbons (Fsp3) is 0.133. The van der Waals surface area contributed by atoms with Crippen LogP contribution < -0.4 is 0 Å². The summed E-state index contributed by atoms with van der Waals surface area (Å²) in [5.74, 6) is 0. The Morgan fingerprint density at radius 3 is 1.41 bits per heavy atom. The van der Waals surface area contributed by atoms with E-state index in [0.717, 1.165) is 24.3 Å². The molecule has 0 aliphatic heterocycles. The van der Waals surface area contributed by atoms with Crippen molar-refractivity contribution in [3.05, 3.63) is 47.5 Å². The normalized spacial score (nSPS) is 12.5. The Balaban J connectivity index is 0.000000320. The van der Waals surface area contributed by atoms with E-state index in [1.165, 1.54) is 6.07 Å². The summed E-state index contributed by atoms with van der Waals surface area (Å²) in [7, 11) is -18.3. The van der Waals surface area contributed by atoms with Gasteiger partial charge in [-0.05, 0) is 42.3 Å². The van der Waals surface area contributed by atoms with Crippen LogP contribution in [-0.4, -0.2) is 58.2 Å². The highest BCUT2D eigenvalue weighted by Gasteiger charge is 2.20. The predicted molar refractivity (Wildman–Crippen MR) is 107 cm³/mol. The van der Waals surface area contributed by atoms with Gasteiger partial charge in [-0.25, -0.2) is 0 Å². The van der Waals surface area contributed by atoms with Crippen molar-refractivity contribution in [1.82, 2.24) is 0 Å². The molecule has 0 radical (unpaired) electrons. The zero-order chi connectivity index (χ0) is 25.1. The fourth-order valence-corrected chi connectivity index (χ4v) is 4.90. The number of carbonyl (C=O) groups excluding carboxylic acids is 1. The van der Waals surface area contributed by atoms with Crippen LogP contribution in [0.5, 0.6) is 0 Å². The van der Waals surface area contributed by atoms with Gasteiger partial charge in [0.05, 0.1) is 14.7 Å². The molecule has 32 heavy (non-hydrogen) atoms. The lowest BCUT2D eigenvalue weighted by Gasteiger charge is -2.06. The smallest absolute Gasteiger partial charge is 0.295 e. The number of benzene rings is 2. The standard InChI is InChI=1S/C8H10O6S2.C7H6O7S2/c1-2-6-3-4-7(15(9,10)11)5-8(6)16(12,13)14;8-4-5-1-2-6(15(9,10)11)3-7(5)16(12,13)14/h3-5H,2H2,1H3,(H,9,10,11)(H,12,13,14);1-4H,(H,9,10,11)(H,12,13,14). The van der Waals surface area contributed by atoms with Gasteiger partial charge in [0.25, 0.3) is 40.5 Å². The van der Waals surface area contributed by atoms with Crippen molar-refractivity contribution in [1.29, 1.82) is 0 Å². The first-order chi connectivity index (χ1) is 14.3. The van der Waals surface area contributed by atoms with Crippen LogP contribution in [0.25, 0.3) is 0 Å². The zero-order valence-corrected chi connectivity index (χ0v) is 19.1. The van der Waals surface area contributed by atoms with Gasteiger partial charge in [0.2, 0.25) is 0 Å². The summed E-state index contributed by atoms with van der Waals surface area (Å²) < 4.78 is 122. The third kappa shape index (κ3) is 7.41. The molecule has 2 rings (SSSR count). The molecule has 0 saturated heterocycles. The van der Waals surface area contributed by atoms with Crippen LogP contribution in [0.1, 0.15) is 22.8 Å². The van der Waals surface area contributed by atoms with Gasteiger partial charge in [0.1, 0.15) is 4.90 Å². The average molecular weight is 533 g/mol. The zero-order valence-electron chi connectivity index (χ0n) is 15.8. The molecule has 0 bridgehead atoms. The fourth-order valence-electron chi connectivity index (χ4n) is 2.22. The van der Waals surface area contributed by atoms with Crippen LogP contribution in [0.15, 0.2) is 56.0 Å². The lowest BCUT2D eigenvalue weighted by Crippen LogP contribution is -2.06. The minimum absolute atomic E-state index is 0.136. The van der Waals surface area contributed by atoms with Crippen molar-refractivity contribution in [3.8, 4) is 0 Å². The van der Waals surface area contributed by atoms with Crippen LogP contribution in [0.3, 0.4) is 0 Å². The molecule has 17 heteroatoms. The minimum atomic E-state index is -4.74. The topological polar surface area (TPSA) is 235 Å². The summed E-state index contributed by atoms with van der Waals surface area (Å²) in [5, 5.41) is 0. The summed E-state index contributed by atoms with van der Waals surface area (Å²) in [6, 6.07) is 5.22. The number of hydrogen-bond acceptors (Lipinski definition) is 9. The molecule has 0 heterocycles. The maximum Gasteiger partial charge on any atom is 0.295 e. The first-order valence-corrected chi connectivity index (χ1v) is 13.7. The lowest BCUT2D eigenvalue weighted by atomic mass is 10.2. The molecule has 0 aliphatic rings. The van der Waals surface area contributed by atoms with Gasteiger partial charge < -0.3 is 0 Å². The van der Waals surface area contributed by atoms with E-state index in [1.807, 2.05) is 0 Å². The molecular weight excluding hydrogens is 516 g/mol. The van der Waals surface area contributed by atoms with E-state index in [-0.39, 0.29) is 11.8 Å². The van der Waals surface area contributed by atoms with E-state index >= 15 is 0 Å². The Morgan fingerprint density at radius 1 is 0.656 bits per heavy atom. The Morgan fingerprint density at radius 2 is 1.06 bits per heavy atom. The number of rotatable bonds is 6. The minimum Gasteiger partial charge on any atom is -0.298 e. The van der Waals surface area contributed by atoms with Gasteiger partial charge in [-0.3, -0.25) is 23.0 Å². The van der Waals surface area contributed by atoms with Crippen LogP contribution >= 0.6 is 0 Å². The quantitative estimate of drug-likeness (QED) is 0.297. The number of aryl methyl sites for hydroxylation is 1. The maximum atomic E-state index is 11.0. The molecule has 0 atom stereocenters. The van der Waals surface area contributed by atoms with Crippen LogP contribution in [0, 0.1) is 0 Å². The van der Waals surface area contributed by atoms with E-state index < -0.39 is 65.6 Å². The molecular formula is C15H16O13S4. The van der Waals surface area contributed by atoms with Crippen LogP contribution in [-0.2, 0) is 46.9 Å². The highest BCUT2D eigenvalue weighted by molar-refractivity contribution is 7.87. The van der Waals surface area contributed by atoms with Gasteiger partial charge in [0.15, 0.2) is 6.29 Å². The van der Waals surface area contributed by atoms with E-state index in [2.05, 4.69) is 0 Å². The SMILES string of the molecule is CCc1ccc(S(=O)(=O)O)cc1S(=O)(=O)O.O=Cc1ccc(S(=O)(=O)O)cc1S(=O)(=O)O.